The number of carbonyl (C=O) groups is 1. The van der Waals surface area contributed by atoms with Crippen molar-refractivity contribution in [1.29, 1.82) is 0 Å². The Kier molecular flexibility index (Phi) is 3.72. The minimum Gasteiger partial charge on any atom is -0.352 e. The van der Waals surface area contributed by atoms with Crippen LogP contribution in [0.3, 0.4) is 0 Å². The van der Waals surface area contributed by atoms with E-state index < -0.39 is 0 Å². The van der Waals surface area contributed by atoms with Gasteiger partial charge in [0.2, 0.25) is 0 Å². The third kappa shape index (κ3) is 2.87. The zero-order chi connectivity index (χ0) is 17.4. The monoisotopic (exact) mass is 333 g/mol. The van der Waals surface area contributed by atoms with Crippen molar-refractivity contribution in [2.75, 3.05) is 6.54 Å². The summed E-state index contributed by atoms with van der Waals surface area (Å²) in [5.74, 6) is 0.785. The summed E-state index contributed by atoms with van der Waals surface area (Å²) in [6, 6.07) is 7.75. The van der Waals surface area contributed by atoms with E-state index in [2.05, 4.69) is 40.2 Å². The molecule has 126 valence electrons. The van der Waals surface area contributed by atoms with Gasteiger partial charge in [-0.3, -0.25) is 4.79 Å². The molecule has 2 N–H and O–H groups in total. The van der Waals surface area contributed by atoms with Gasteiger partial charge in [0.15, 0.2) is 0 Å². The lowest BCUT2D eigenvalue weighted by molar-refractivity contribution is 0.0953. The minimum atomic E-state index is -0.0984. The lowest BCUT2D eigenvalue weighted by atomic mass is 10.1. The van der Waals surface area contributed by atoms with Gasteiger partial charge in [0.05, 0.1) is 16.6 Å². The lowest BCUT2D eigenvalue weighted by Gasteiger charge is -2.04. The normalized spacial score (nSPS) is 11.3. The van der Waals surface area contributed by atoms with E-state index in [4.69, 9.17) is 0 Å². The van der Waals surface area contributed by atoms with Crippen LogP contribution in [0.25, 0.3) is 16.7 Å². The van der Waals surface area contributed by atoms with Crippen LogP contribution < -0.4 is 5.32 Å². The van der Waals surface area contributed by atoms with Crippen LogP contribution in [0, 0.1) is 13.8 Å². The average Bonchev–Trinajstić information content (AvgIpc) is 3.24. The standard InChI is InChI=1S/C19H19N5O/c1-12-3-5-15-18(13(12)2)23-16(22-15)7-8-21-19(25)14-4-6-17-20-9-10-24(17)11-14/h3-6,9-11H,7-8H2,1-2H3,(H,21,25)(H,22,23). The summed E-state index contributed by atoms with van der Waals surface area (Å²) >= 11 is 0. The number of nitrogens with one attached hydrogen (secondary N) is 2. The third-order valence-corrected chi connectivity index (χ3v) is 4.53. The van der Waals surface area contributed by atoms with Crippen molar-refractivity contribution < 1.29 is 4.79 Å². The van der Waals surface area contributed by atoms with E-state index >= 15 is 0 Å². The number of nitrogens with zero attached hydrogens (tertiary/aromatic N) is 3. The molecule has 1 aromatic carbocycles. The second-order valence-electron chi connectivity index (χ2n) is 6.20. The molecule has 0 unspecified atom stereocenters. The molecule has 4 aromatic rings. The van der Waals surface area contributed by atoms with E-state index in [-0.39, 0.29) is 5.91 Å². The molecule has 1 amide bonds. The number of hydrogen-bond acceptors (Lipinski definition) is 3. The quantitative estimate of drug-likeness (QED) is 0.603. The fourth-order valence-electron chi connectivity index (χ4n) is 2.93. The van der Waals surface area contributed by atoms with Crippen molar-refractivity contribution in [3.8, 4) is 0 Å². The summed E-state index contributed by atoms with van der Waals surface area (Å²) in [5, 5.41) is 2.94. The van der Waals surface area contributed by atoms with Crippen molar-refractivity contribution in [2.24, 2.45) is 0 Å². The second-order valence-corrected chi connectivity index (χ2v) is 6.20. The molecule has 0 spiro atoms. The number of aromatic nitrogens is 4. The first-order chi connectivity index (χ1) is 12.1. The number of hydrogen-bond donors (Lipinski definition) is 2. The Morgan fingerprint density at radius 2 is 2.12 bits per heavy atom. The predicted octanol–water partition coefficient (Wildman–Crippen LogP) is 2.80. The average molecular weight is 333 g/mol. The highest BCUT2D eigenvalue weighted by Crippen LogP contribution is 2.19. The minimum absolute atomic E-state index is 0.0984. The molecule has 25 heavy (non-hydrogen) atoms. The van der Waals surface area contributed by atoms with Crippen LogP contribution in [0.5, 0.6) is 0 Å². The number of benzene rings is 1. The summed E-state index contributed by atoms with van der Waals surface area (Å²) in [7, 11) is 0. The Labute approximate surface area is 144 Å². The largest absolute Gasteiger partial charge is 0.352 e. The van der Waals surface area contributed by atoms with E-state index in [0.717, 1.165) is 22.5 Å². The highest BCUT2D eigenvalue weighted by atomic mass is 16.1. The molecule has 0 atom stereocenters. The first-order valence-electron chi connectivity index (χ1n) is 8.27. The topological polar surface area (TPSA) is 75.1 Å². The molecule has 0 aliphatic carbocycles. The Hall–Kier alpha value is -3.15. The van der Waals surface area contributed by atoms with Gasteiger partial charge in [0, 0.05) is 31.6 Å². The number of aryl methyl sites for hydroxylation is 2. The SMILES string of the molecule is Cc1ccc2[nH]c(CCNC(=O)c3ccc4nccn4c3)nc2c1C. The zero-order valence-electron chi connectivity index (χ0n) is 14.2. The van der Waals surface area contributed by atoms with Crippen LogP contribution in [-0.2, 0) is 6.42 Å². The fourth-order valence-corrected chi connectivity index (χ4v) is 2.93. The van der Waals surface area contributed by atoms with Gasteiger partial charge in [-0.2, -0.15) is 0 Å². The van der Waals surface area contributed by atoms with E-state index in [1.165, 1.54) is 11.1 Å². The summed E-state index contributed by atoms with van der Waals surface area (Å²) in [6.45, 7) is 4.69. The van der Waals surface area contributed by atoms with Crippen molar-refractivity contribution in [1.82, 2.24) is 24.7 Å². The van der Waals surface area contributed by atoms with Gasteiger partial charge in [-0.05, 0) is 43.2 Å². The van der Waals surface area contributed by atoms with Crippen molar-refractivity contribution in [3.05, 3.63) is 65.4 Å². The first-order valence-corrected chi connectivity index (χ1v) is 8.27. The van der Waals surface area contributed by atoms with Gasteiger partial charge in [-0.15, -0.1) is 0 Å². The number of imidazole rings is 2. The Morgan fingerprint density at radius 3 is 3.00 bits per heavy atom. The molecule has 4 rings (SSSR count). The number of carbonyl (C=O) groups excluding carboxylic acids is 1. The number of aromatic amines is 1. The molecule has 0 saturated heterocycles. The molecule has 0 saturated carbocycles. The molecule has 0 aliphatic rings. The summed E-state index contributed by atoms with van der Waals surface area (Å²) in [5.41, 5.74) is 5.90. The summed E-state index contributed by atoms with van der Waals surface area (Å²) < 4.78 is 1.83. The highest BCUT2D eigenvalue weighted by molar-refractivity contribution is 5.94. The van der Waals surface area contributed by atoms with Crippen LogP contribution in [0.1, 0.15) is 27.3 Å². The van der Waals surface area contributed by atoms with Crippen LogP contribution >= 0.6 is 0 Å². The van der Waals surface area contributed by atoms with Crippen LogP contribution in [0.4, 0.5) is 0 Å². The smallest absolute Gasteiger partial charge is 0.252 e. The van der Waals surface area contributed by atoms with Crippen LogP contribution in [-0.4, -0.2) is 31.8 Å². The third-order valence-electron chi connectivity index (χ3n) is 4.53. The van der Waals surface area contributed by atoms with E-state index in [0.29, 0.717) is 18.5 Å². The molecule has 0 radical (unpaired) electrons. The van der Waals surface area contributed by atoms with Gasteiger partial charge in [0.1, 0.15) is 11.5 Å². The molecule has 3 heterocycles. The maximum absolute atomic E-state index is 12.3. The number of amides is 1. The van der Waals surface area contributed by atoms with E-state index in [1.54, 1.807) is 18.5 Å². The van der Waals surface area contributed by atoms with Crippen molar-refractivity contribution in [2.45, 2.75) is 20.3 Å². The van der Waals surface area contributed by atoms with Crippen molar-refractivity contribution in [3.63, 3.8) is 0 Å². The molecule has 3 aromatic heterocycles. The van der Waals surface area contributed by atoms with Gasteiger partial charge in [-0.1, -0.05) is 6.07 Å². The van der Waals surface area contributed by atoms with Gasteiger partial charge in [0.25, 0.3) is 5.91 Å². The van der Waals surface area contributed by atoms with Crippen LogP contribution in [0.15, 0.2) is 42.9 Å². The van der Waals surface area contributed by atoms with E-state index in [9.17, 15) is 4.79 Å². The molecule has 0 bridgehead atoms. The highest BCUT2D eigenvalue weighted by Gasteiger charge is 2.09. The Morgan fingerprint density at radius 1 is 1.24 bits per heavy atom. The van der Waals surface area contributed by atoms with Gasteiger partial charge < -0.3 is 14.7 Å². The second kappa shape index (κ2) is 6.05. The molecular weight excluding hydrogens is 314 g/mol. The van der Waals surface area contributed by atoms with E-state index in [1.807, 2.05) is 22.7 Å². The maximum atomic E-state index is 12.3. The fraction of sp³-hybridized carbons (Fsp3) is 0.211. The molecule has 6 heteroatoms. The number of H-pyrrole nitrogens is 1. The maximum Gasteiger partial charge on any atom is 0.252 e. The van der Waals surface area contributed by atoms with Gasteiger partial charge >= 0.3 is 0 Å². The Balaban J connectivity index is 1.43. The predicted molar refractivity (Wildman–Crippen MR) is 96.8 cm³/mol. The lowest BCUT2D eigenvalue weighted by Crippen LogP contribution is -2.26. The summed E-state index contributed by atoms with van der Waals surface area (Å²) in [6.07, 6.45) is 5.98. The van der Waals surface area contributed by atoms with Crippen LogP contribution in [0.2, 0.25) is 0 Å². The first kappa shape index (κ1) is 15.4. The number of rotatable bonds is 4. The summed E-state index contributed by atoms with van der Waals surface area (Å²) in [4.78, 5) is 24.5. The molecular formula is C19H19N5O. The van der Waals surface area contributed by atoms with Crippen molar-refractivity contribution >= 4 is 22.6 Å². The Bertz CT molecular complexity index is 1080. The number of fused-ring (bicyclic) bond motifs is 2. The zero-order valence-corrected chi connectivity index (χ0v) is 14.2. The molecule has 6 nitrogen and oxygen atoms in total. The van der Waals surface area contributed by atoms with Gasteiger partial charge in [-0.25, -0.2) is 9.97 Å². The number of pyridine rings is 1. The molecule has 0 aliphatic heterocycles. The molecule has 0 fully saturated rings.